The Labute approximate surface area is 170 Å². The minimum absolute atomic E-state index is 0.00886. The molecule has 0 radical (unpaired) electrons. The Balaban J connectivity index is 1.26. The van der Waals surface area contributed by atoms with Crippen LogP contribution < -0.4 is 5.32 Å². The van der Waals surface area contributed by atoms with Gasteiger partial charge in [-0.15, -0.1) is 0 Å². The predicted octanol–water partition coefficient (Wildman–Crippen LogP) is 3.97. The lowest BCUT2D eigenvalue weighted by molar-refractivity contribution is -0.120. The first kappa shape index (κ1) is 18.6. The topological polar surface area (TPSA) is 59.8 Å². The molecular formula is C24H22N4O. The molecule has 2 heterocycles. The van der Waals surface area contributed by atoms with Crippen LogP contribution in [-0.4, -0.2) is 27.2 Å². The summed E-state index contributed by atoms with van der Waals surface area (Å²) in [6.07, 6.45) is 4.02. The van der Waals surface area contributed by atoms with Crippen LogP contribution in [0.3, 0.4) is 0 Å². The fourth-order valence-electron chi connectivity index (χ4n) is 3.14. The number of carbonyl (C=O) groups is 1. The first-order valence-electron chi connectivity index (χ1n) is 9.64. The number of hydrogen-bond donors (Lipinski definition) is 1. The van der Waals surface area contributed by atoms with E-state index in [1.165, 1.54) is 5.56 Å². The lowest BCUT2D eigenvalue weighted by Gasteiger charge is -2.07. The van der Waals surface area contributed by atoms with Gasteiger partial charge < -0.3 is 5.32 Å². The molecule has 4 aromatic rings. The van der Waals surface area contributed by atoms with E-state index in [4.69, 9.17) is 0 Å². The Hall–Kier alpha value is -3.73. The molecule has 144 valence electrons. The number of pyridine rings is 1. The average molecular weight is 382 g/mol. The minimum atomic E-state index is 0.00886. The van der Waals surface area contributed by atoms with Gasteiger partial charge in [-0.05, 0) is 34.9 Å². The Morgan fingerprint density at radius 3 is 2.34 bits per heavy atom. The van der Waals surface area contributed by atoms with E-state index >= 15 is 0 Å². The van der Waals surface area contributed by atoms with Crippen LogP contribution in [0.2, 0.25) is 0 Å². The van der Waals surface area contributed by atoms with Crippen LogP contribution >= 0.6 is 0 Å². The zero-order valence-corrected chi connectivity index (χ0v) is 16.0. The van der Waals surface area contributed by atoms with Crippen LogP contribution in [-0.2, 0) is 17.8 Å². The summed E-state index contributed by atoms with van der Waals surface area (Å²) < 4.78 is 1.82. The standard InChI is InChI=1S/C24H22N4O/c29-24(18-19-9-11-21(12-10-19)20-6-2-1-3-7-20)26-15-17-28-16-13-23(27-28)22-8-4-5-14-25-22/h1-14,16H,15,17-18H2,(H,26,29). The van der Waals surface area contributed by atoms with Crippen molar-refractivity contribution in [2.75, 3.05) is 6.54 Å². The average Bonchev–Trinajstić information content (AvgIpc) is 3.24. The number of hydrogen-bond acceptors (Lipinski definition) is 3. The Bertz CT molecular complexity index is 1060. The second kappa shape index (κ2) is 8.97. The van der Waals surface area contributed by atoms with Gasteiger partial charge >= 0.3 is 0 Å². The molecule has 5 nitrogen and oxygen atoms in total. The summed E-state index contributed by atoms with van der Waals surface area (Å²) in [7, 11) is 0. The van der Waals surface area contributed by atoms with Gasteiger partial charge in [0, 0.05) is 18.9 Å². The first-order chi connectivity index (χ1) is 14.3. The van der Waals surface area contributed by atoms with Gasteiger partial charge in [-0.3, -0.25) is 14.5 Å². The van der Waals surface area contributed by atoms with Crippen molar-refractivity contribution in [3.05, 3.63) is 96.8 Å². The number of carbonyl (C=O) groups excluding carboxylic acids is 1. The molecular weight excluding hydrogens is 360 g/mol. The number of amides is 1. The normalized spacial score (nSPS) is 10.6. The lowest BCUT2D eigenvalue weighted by atomic mass is 10.0. The second-order valence-electron chi connectivity index (χ2n) is 6.77. The number of aromatic nitrogens is 3. The molecule has 0 aliphatic carbocycles. The molecule has 2 aromatic carbocycles. The van der Waals surface area contributed by atoms with E-state index in [-0.39, 0.29) is 5.91 Å². The number of nitrogens with one attached hydrogen (secondary N) is 1. The number of nitrogens with zero attached hydrogens (tertiary/aromatic N) is 3. The quantitative estimate of drug-likeness (QED) is 0.526. The van der Waals surface area contributed by atoms with E-state index in [0.29, 0.717) is 19.5 Å². The lowest BCUT2D eigenvalue weighted by Crippen LogP contribution is -2.28. The van der Waals surface area contributed by atoms with E-state index in [1.54, 1.807) is 6.20 Å². The number of benzene rings is 2. The Morgan fingerprint density at radius 1 is 0.828 bits per heavy atom. The highest BCUT2D eigenvalue weighted by atomic mass is 16.1. The van der Waals surface area contributed by atoms with Gasteiger partial charge in [0.25, 0.3) is 0 Å². The van der Waals surface area contributed by atoms with Crippen molar-refractivity contribution < 1.29 is 4.79 Å². The third kappa shape index (κ3) is 4.96. The van der Waals surface area contributed by atoms with Crippen molar-refractivity contribution in [3.63, 3.8) is 0 Å². The summed E-state index contributed by atoms with van der Waals surface area (Å²) in [5.41, 5.74) is 4.99. The fraction of sp³-hybridized carbons (Fsp3) is 0.125. The second-order valence-corrected chi connectivity index (χ2v) is 6.77. The van der Waals surface area contributed by atoms with Crippen LogP contribution in [0.25, 0.3) is 22.5 Å². The highest BCUT2D eigenvalue weighted by Crippen LogP contribution is 2.19. The van der Waals surface area contributed by atoms with Crippen molar-refractivity contribution in [3.8, 4) is 22.5 Å². The third-order valence-corrected chi connectivity index (χ3v) is 4.66. The van der Waals surface area contributed by atoms with E-state index in [2.05, 4.69) is 39.7 Å². The van der Waals surface area contributed by atoms with E-state index in [1.807, 2.05) is 65.5 Å². The Morgan fingerprint density at radius 2 is 1.59 bits per heavy atom. The zero-order valence-electron chi connectivity index (χ0n) is 16.0. The van der Waals surface area contributed by atoms with E-state index in [9.17, 15) is 4.79 Å². The maximum absolute atomic E-state index is 12.2. The molecule has 4 rings (SSSR count). The van der Waals surface area contributed by atoms with Gasteiger partial charge in [0.05, 0.1) is 18.7 Å². The van der Waals surface area contributed by atoms with Gasteiger partial charge in [0.1, 0.15) is 5.69 Å². The summed E-state index contributed by atoms with van der Waals surface area (Å²) in [6, 6.07) is 26.0. The van der Waals surface area contributed by atoms with Crippen LogP contribution in [0.4, 0.5) is 0 Å². The van der Waals surface area contributed by atoms with Gasteiger partial charge in [-0.2, -0.15) is 5.10 Å². The number of rotatable bonds is 7. The van der Waals surface area contributed by atoms with Crippen molar-refractivity contribution in [2.24, 2.45) is 0 Å². The van der Waals surface area contributed by atoms with Crippen LogP contribution in [0.5, 0.6) is 0 Å². The van der Waals surface area contributed by atoms with Crippen molar-refractivity contribution >= 4 is 5.91 Å². The van der Waals surface area contributed by atoms with E-state index in [0.717, 1.165) is 22.5 Å². The molecule has 29 heavy (non-hydrogen) atoms. The molecule has 0 saturated carbocycles. The molecule has 2 aromatic heterocycles. The molecule has 0 saturated heterocycles. The summed E-state index contributed by atoms with van der Waals surface area (Å²) >= 11 is 0. The Kier molecular flexibility index (Phi) is 5.76. The summed E-state index contributed by atoms with van der Waals surface area (Å²) in [6.45, 7) is 1.15. The van der Waals surface area contributed by atoms with Gasteiger partial charge in [-0.25, -0.2) is 0 Å². The molecule has 0 fully saturated rings. The van der Waals surface area contributed by atoms with Crippen molar-refractivity contribution in [1.82, 2.24) is 20.1 Å². The van der Waals surface area contributed by atoms with Crippen molar-refractivity contribution in [1.29, 1.82) is 0 Å². The molecule has 5 heteroatoms. The first-order valence-corrected chi connectivity index (χ1v) is 9.64. The molecule has 0 unspecified atom stereocenters. The molecule has 0 spiro atoms. The molecule has 0 atom stereocenters. The highest BCUT2D eigenvalue weighted by Gasteiger charge is 2.06. The zero-order chi connectivity index (χ0) is 19.9. The summed E-state index contributed by atoms with van der Waals surface area (Å²) in [5.74, 6) is 0.00886. The molecule has 0 aliphatic rings. The summed E-state index contributed by atoms with van der Waals surface area (Å²) in [5, 5.41) is 7.46. The van der Waals surface area contributed by atoms with Crippen LogP contribution in [0.1, 0.15) is 5.56 Å². The highest BCUT2D eigenvalue weighted by molar-refractivity contribution is 5.78. The minimum Gasteiger partial charge on any atom is -0.354 e. The van der Waals surface area contributed by atoms with E-state index < -0.39 is 0 Å². The van der Waals surface area contributed by atoms with Crippen LogP contribution in [0.15, 0.2) is 91.3 Å². The smallest absolute Gasteiger partial charge is 0.224 e. The fourth-order valence-corrected chi connectivity index (χ4v) is 3.14. The largest absolute Gasteiger partial charge is 0.354 e. The molecule has 0 bridgehead atoms. The third-order valence-electron chi connectivity index (χ3n) is 4.66. The SMILES string of the molecule is O=C(Cc1ccc(-c2ccccc2)cc1)NCCn1ccc(-c2ccccn2)n1. The monoisotopic (exact) mass is 382 g/mol. The van der Waals surface area contributed by atoms with Crippen LogP contribution in [0, 0.1) is 0 Å². The summed E-state index contributed by atoms with van der Waals surface area (Å²) in [4.78, 5) is 16.5. The molecule has 0 aliphatic heterocycles. The van der Waals surface area contributed by atoms with Crippen molar-refractivity contribution in [2.45, 2.75) is 13.0 Å². The van der Waals surface area contributed by atoms with Gasteiger partial charge in [0.15, 0.2) is 0 Å². The maximum atomic E-state index is 12.2. The van der Waals surface area contributed by atoms with Gasteiger partial charge in [-0.1, -0.05) is 60.7 Å². The predicted molar refractivity (Wildman–Crippen MR) is 114 cm³/mol. The maximum Gasteiger partial charge on any atom is 0.224 e. The van der Waals surface area contributed by atoms with Gasteiger partial charge in [0.2, 0.25) is 5.91 Å². The molecule has 1 amide bonds. The molecule has 1 N–H and O–H groups in total.